The number of imide groups is 1. The highest BCUT2D eigenvalue weighted by Crippen LogP contribution is 2.21. The lowest BCUT2D eigenvalue weighted by Crippen LogP contribution is -2.33. The third-order valence-corrected chi connectivity index (χ3v) is 4.91. The van der Waals surface area contributed by atoms with Gasteiger partial charge in [0.25, 0.3) is 11.8 Å². The molecule has 7 nitrogen and oxygen atoms in total. The Morgan fingerprint density at radius 2 is 1.19 bits per heavy atom. The summed E-state index contributed by atoms with van der Waals surface area (Å²) in [5, 5.41) is 0. The van der Waals surface area contributed by atoms with Gasteiger partial charge in [0.05, 0.1) is 63.9 Å². The molecule has 2 amide bonds. The second kappa shape index (κ2) is 10.7. The van der Waals surface area contributed by atoms with Crippen molar-refractivity contribution in [3.05, 3.63) is 35.4 Å². The molecule has 1 aliphatic heterocycles. The Morgan fingerprint density at radius 1 is 0.741 bits per heavy atom. The number of benzene rings is 1. The van der Waals surface area contributed by atoms with E-state index in [1.165, 1.54) is 4.90 Å². The molecule has 0 atom stereocenters. The van der Waals surface area contributed by atoms with Gasteiger partial charge in [-0.1, -0.05) is 12.1 Å². The number of amides is 2. The molecule has 1 aromatic carbocycles. The molecule has 0 unspecified atom stereocenters. The van der Waals surface area contributed by atoms with E-state index in [4.69, 9.17) is 18.6 Å². The Balaban J connectivity index is 1.46. The van der Waals surface area contributed by atoms with Crippen LogP contribution in [0.4, 0.5) is 0 Å². The zero-order valence-corrected chi connectivity index (χ0v) is 17.4. The number of rotatable bonds is 13. The van der Waals surface area contributed by atoms with Gasteiger partial charge in [-0.05, 0) is 31.8 Å². The molecular weight excluding hydrogens is 366 g/mol. The third-order valence-electron chi connectivity index (χ3n) is 3.84. The molecule has 0 fully saturated rings. The van der Waals surface area contributed by atoms with Crippen molar-refractivity contribution in [2.75, 3.05) is 52.8 Å². The molecule has 0 spiro atoms. The minimum atomic E-state index is -1.46. The quantitative estimate of drug-likeness (QED) is 0.290. The molecule has 0 radical (unpaired) electrons. The third kappa shape index (κ3) is 7.15. The van der Waals surface area contributed by atoms with Crippen LogP contribution < -0.4 is 0 Å². The van der Waals surface area contributed by atoms with Crippen LogP contribution in [-0.2, 0) is 18.6 Å². The molecule has 8 heteroatoms. The van der Waals surface area contributed by atoms with Crippen LogP contribution in [-0.4, -0.2) is 77.8 Å². The first kappa shape index (κ1) is 21.7. The Kier molecular flexibility index (Phi) is 8.58. The van der Waals surface area contributed by atoms with Crippen molar-refractivity contribution in [3.63, 3.8) is 0 Å². The highest BCUT2D eigenvalue weighted by atomic mass is 28.4. The van der Waals surface area contributed by atoms with Crippen LogP contribution in [0.25, 0.3) is 0 Å². The number of hydrogen-bond acceptors (Lipinski definition) is 6. The summed E-state index contributed by atoms with van der Waals surface area (Å²) in [4.78, 5) is 25.6. The Morgan fingerprint density at radius 3 is 1.67 bits per heavy atom. The molecule has 1 aliphatic rings. The summed E-state index contributed by atoms with van der Waals surface area (Å²) in [6, 6.07) is 6.85. The normalized spacial score (nSPS) is 14.1. The standard InChI is InChI=1S/C19H29NO6Si/c1-27(2,3)26-15-14-25-13-12-24-11-10-23-9-8-20-18(21)16-6-4-5-7-17(16)19(20)22/h4-7H,8-15H2,1-3H3. The molecule has 0 aromatic heterocycles. The van der Waals surface area contributed by atoms with Gasteiger partial charge in [-0.25, -0.2) is 0 Å². The van der Waals surface area contributed by atoms with E-state index in [9.17, 15) is 9.59 Å². The van der Waals surface area contributed by atoms with Crippen molar-refractivity contribution in [2.24, 2.45) is 0 Å². The lowest BCUT2D eigenvalue weighted by molar-refractivity contribution is 0.00636. The van der Waals surface area contributed by atoms with Crippen molar-refractivity contribution in [1.29, 1.82) is 0 Å². The largest absolute Gasteiger partial charge is 0.415 e. The van der Waals surface area contributed by atoms with Crippen LogP contribution in [0.2, 0.25) is 19.6 Å². The molecular formula is C19H29NO6Si. The SMILES string of the molecule is C[Si](C)(C)OCCOCCOCCOCCN1C(=O)c2ccccc2C1=O. The maximum atomic E-state index is 12.2. The number of carbonyl (C=O) groups excluding carboxylic acids is 2. The summed E-state index contributed by atoms with van der Waals surface area (Å²) in [6.07, 6.45) is 0. The van der Waals surface area contributed by atoms with E-state index in [1.54, 1.807) is 24.3 Å². The second-order valence-electron chi connectivity index (χ2n) is 7.11. The van der Waals surface area contributed by atoms with Crippen LogP contribution in [0.1, 0.15) is 20.7 Å². The first-order valence-corrected chi connectivity index (χ1v) is 12.6. The van der Waals surface area contributed by atoms with Crippen molar-refractivity contribution in [2.45, 2.75) is 19.6 Å². The van der Waals surface area contributed by atoms with Gasteiger partial charge in [0.1, 0.15) is 0 Å². The van der Waals surface area contributed by atoms with Crippen LogP contribution in [0, 0.1) is 0 Å². The Bertz CT molecular complexity index is 596. The number of carbonyl (C=O) groups is 2. The first-order valence-electron chi connectivity index (χ1n) is 9.22. The summed E-state index contributed by atoms with van der Waals surface area (Å²) in [5.41, 5.74) is 0.919. The van der Waals surface area contributed by atoms with Crippen LogP contribution in [0.15, 0.2) is 24.3 Å². The summed E-state index contributed by atoms with van der Waals surface area (Å²) in [6.45, 7) is 10.0. The maximum Gasteiger partial charge on any atom is 0.261 e. The van der Waals surface area contributed by atoms with Gasteiger partial charge in [0.15, 0.2) is 8.32 Å². The highest BCUT2D eigenvalue weighted by Gasteiger charge is 2.34. The summed E-state index contributed by atoms with van der Waals surface area (Å²) in [7, 11) is -1.46. The minimum absolute atomic E-state index is 0.243. The predicted molar refractivity (Wildman–Crippen MR) is 104 cm³/mol. The van der Waals surface area contributed by atoms with E-state index in [2.05, 4.69) is 19.6 Å². The van der Waals surface area contributed by atoms with Gasteiger partial charge < -0.3 is 18.6 Å². The van der Waals surface area contributed by atoms with Crippen LogP contribution in [0.3, 0.4) is 0 Å². The van der Waals surface area contributed by atoms with Gasteiger partial charge in [0, 0.05) is 0 Å². The van der Waals surface area contributed by atoms with Crippen molar-refractivity contribution < 1.29 is 28.2 Å². The van der Waals surface area contributed by atoms with E-state index >= 15 is 0 Å². The fraction of sp³-hybridized carbons (Fsp3) is 0.579. The average Bonchev–Trinajstić information content (AvgIpc) is 2.86. The summed E-state index contributed by atoms with van der Waals surface area (Å²) in [5.74, 6) is -0.517. The Labute approximate surface area is 161 Å². The van der Waals surface area contributed by atoms with Crippen LogP contribution >= 0.6 is 0 Å². The fourth-order valence-electron chi connectivity index (χ4n) is 2.55. The average molecular weight is 396 g/mol. The topological polar surface area (TPSA) is 74.3 Å². The molecule has 150 valence electrons. The lowest BCUT2D eigenvalue weighted by atomic mass is 10.1. The van der Waals surface area contributed by atoms with E-state index in [1.807, 2.05) is 0 Å². The zero-order chi connectivity index (χ0) is 19.7. The summed E-state index contributed by atoms with van der Waals surface area (Å²) < 4.78 is 22.0. The lowest BCUT2D eigenvalue weighted by Gasteiger charge is -2.16. The van der Waals surface area contributed by atoms with Crippen molar-refractivity contribution in [3.8, 4) is 0 Å². The molecule has 1 heterocycles. The maximum absolute atomic E-state index is 12.2. The number of hydrogen-bond donors (Lipinski definition) is 0. The van der Waals surface area contributed by atoms with Gasteiger partial charge in [-0.15, -0.1) is 0 Å². The molecule has 0 bridgehead atoms. The molecule has 1 aromatic rings. The van der Waals surface area contributed by atoms with Crippen LogP contribution in [0.5, 0.6) is 0 Å². The molecule has 27 heavy (non-hydrogen) atoms. The number of ether oxygens (including phenoxy) is 3. The predicted octanol–water partition coefficient (Wildman–Crippen LogP) is 2.18. The number of fused-ring (bicyclic) bond motifs is 1. The second-order valence-corrected chi connectivity index (χ2v) is 11.6. The smallest absolute Gasteiger partial charge is 0.261 e. The van der Waals surface area contributed by atoms with Crippen molar-refractivity contribution in [1.82, 2.24) is 4.90 Å². The molecule has 0 N–H and O–H groups in total. The minimum Gasteiger partial charge on any atom is -0.415 e. The van der Waals surface area contributed by atoms with E-state index in [0.29, 0.717) is 57.4 Å². The van der Waals surface area contributed by atoms with E-state index < -0.39 is 8.32 Å². The highest BCUT2D eigenvalue weighted by molar-refractivity contribution is 6.69. The Hall–Kier alpha value is -1.58. The molecule has 0 saturated heterocycles. The molecule has 0 aliphatic carbocycles. The number of nitrogens with zero attached hydrogens (tertiary/aromatic N) is 1. The van der Waals surface area contributed by atoms with Gasteiger partial charge in [0.2, 0.25) is 0 Å². The zero-order valence-electron chi connectivity index (χ0n) is 16.4. The van der Waals surface area contributed by atoms with Gasteiger partial charge in [-0.2, -0.15) is 0 Å². The first-order chi connectivity index (χ1) is 12.9. The van der Waals surface area contributed by atoms with Crippen molar-refractivity contribution >= 4 is 20.1 Å². The fourth-order valence-corrected chi connectivity index (χ4v) is 3.24. The van der Waals surface area contributed by atoms with Gasteiger partial charge in [-0.3, -0.25) is 14.5 Å². The van der Waals surface area contributed by atoms with Gasteiger partial charge >= 0.3 is 0 Å². The molecule has 0 saturated carbocycles. The monoisotopic (exact) mass is 395 g/mol. The van der Waals surface area contributed by atoms with E-state index in [-0.39, 0.29) is 18.4 Å². The molecule has 2 rings (SSSR count). The summed E-state index contributed by atoms with van der Waals surface area (Å²) >= 11 is 0. The van der Waals surface area contributed by atoms with E-state index in [0.717, 1.165) is 0 Å².